The van der Waals surface area contributed by atoms with Gasteiger partial charge in [-0.1, -0.05) is 13.0 Å². The largest absolute Gasteiger partial charge is 0.462 e. The van der Waals surface area contributed by atoms with Crippen LogP contribution in [0.4, 0.5) is 5.69 Å². The van der Waals surface area contributed by atoms with Crippen LogP contribution < -0.4 is 5.32 Å². The summed E-state index contributed by atoms with van der Waals surface area (Å²) in [4.78, 5) is 15.9. The standard InChI is InChI=1S/C17H20N2O2/c1-3-10-21-17(20)15-6-8-16(9-7-15)19-12-14-5-4-13(2)18-11-14/h4-9,11,19H,3,10,12H2,1-2H3. The van der Waals surface area contributed by atoms with Crippen LogP contribution >= 0.6 is 0 Å². The molecular formula is C17H20N2O2. The van der Waals surface area contributed by atoms with Crippen molar-refractivity contribution in [2.45, 2.75) is 26.8 Å². The van der Waals surface area contributed by atoms with Gasteiger partial charge in [-0.05, 0) is 49.2 Å². The molecule has 1 aromatic carbocycles. The van der Waals surface area contributed by atoms with Gasteiger partial charge in [-0.2, -0.15) is 0 Å². The molecule has 2 rings (SSSR count). The zero-order valence-electron chi connectivity index (χ0n) is 12.4. The maximum Gasteiger partial charge on any atom is 0.338 e. The number of ether oxygens (including phenoxy) is 1. The van der Waals surface area contributed by atoms with E-state index in [1.54, 1.807) is 12.1 Å². The Morgan fingerprint density at radius 1 is 1.19 bits per heavy atom. The van der Waals surface area contributed by atoms with Gasteiger partial charge in [0, 0.05) is 24.1 Å². The zero-order valence-corrected chi connectivity index (χ0v) is 12.4. The number of esters is 1. The van der Waals surface area contributed by atoms with Crippen LogP contribution in [-0.2, 0) is 11.3 Å². The highest BCUT2D eigenvalue weighted by atomic mass is 16.5. The van der Waals surface area contributed by atoms with Crippen molar-refractivity contribution in [1.29, 1.82) is 0 Å². The Kier molecular flexibility index (Phi) is 5.32. The molecule has 0 fully saturated rings. The predicted molar refractivity (Wildman–Crippen MR) is 83.3 cm³/mol. The van der Waals surface area contributed by atoms with E-state index in [1.165, 1.54) is 0 Å². The number of rotatable bonds is 6. The van der Waals surface area contributed by atoms with Crippen molar-refractivity contribution in [3.63, 3.8) is 0 Å². The molecule has 0 spiro atoms. The van der Waals surface area contributed by atoms with Crippen LogP contribution in [0.3, 0.4) is 0 Å². The van der Waals surface area contributed by atoms with Crippen molar-refractivity contribution in [3.05, 3.63) is 59.4 Å². The van der Waals surface area contributed by atoms with Crippen LogP contribution in [0.15, 0.2) is 42.6 Å². The number of nitrogens with one attached hydrogen (secondary N) is 1. The quantitative estimate of drug-likeness (QED) is 0.824. The Morgan fingerprint density at radius 2 is 1.95 bits per heavy atom. The van der Waals surface area contributed by atoms with Crippen LogP contribution in [0.5, 0.6) is 0 Å². The van der Waals surface area contributed by atoms with Crippen LogP contribution in [-0.4, -0.2) is 17.6 Å². The van der Waals surface area contributed by atoms with E-state index in [2.05, 4.69) is 10.3 Å². The molecule has 1 aromatic heterocycles. The fourth-order valence-corrected chi connectivity index (χ4v) is 1.81. The molecule has 0 saturated carbocycles. The number of benzene rings is 1. The molecule has 0 aliphatic carbocycles. The van der Waals surface area contributed by atoms with Crippen molar-refractivity contribution in [2.24, 2.45) is 0 Å². The molecule has 0 radical (unpaired) electrons. The van der Waals surface area contributed by atoms with Gasteiger partial charge in [-0.25, -0.2) is 4.79 Å². The molecule has 0 unspecified atom stereocenters. The Bertz CT molecular complexity index is 577. The Labute approximate surface area is 125 Å². The number of hydrogen-bond donors (Lipinski definition) is 1. The molecule has 0 aliphatic rings. The molecule has 0 bridgehead atoms. The predicted octanol–water partition coefficient (Wildman–Crippen LogP) is 3.57. The monoisotopic (exact) mass is 284 g/mol. The SMILES string of the molecule is CCCOC(=O)c1ccc(NCc2ccc(C)nc2)cc1. The molecule has 4 heteroatoms. The first-order valence-electron chi connectivity index (χ1n) is 7.11. The average molecular weight is 284 g/mol. The van der Waals surface area contributed by atoms with E-state index in [4.69, 9.17) is 4.74 Å². The zero-order chi connectivity index (χ0) is 15.1. The lowest BCUT2D eigenvalue weighted by Gasteiger charge is -2.08. The molecule has 1 N–H and O–H groups in total. The minimum absolute atomic E-state index is 0.272. The number of anilines is 1. The number of hydrogen-bond acceptors (Lipinski definition) is 4. The van der Waals surface area contributed by atoms with Crippen molar-refractivity contribution >= 4 is 11.7 Å². The maximum absolute atomic E-state index is 11.7. The fourth-order valence-electron chi connectivity index (χ4n) is 1.81. The van der Waals surface area contributed by atoms with E-state index >= 15 is 0 Å². The van der Waals surface area contributed by atoms with Gasteiger partial charge in [0.15, 0.2) is 0 Å². The second kappa shape index (κ2) is 7.43. The van der Waals surface area contributed by atoms with Crippen LogP contribution in [0.25, 0.3) is 0 Å². The van der Waals surface area contributed by atoms with E-state index in [1.807, 2.05) is 44.3 Å². The number of nitrogens with zero attached hydrogens (tertiary/aromatic N) is 1. The molecule has 4 nitrogen and oxygen atoms in total. The van der Waals surface area contributed by atoms with Gasteiger partial charge in [0.2, 0.25) is 0 Å². The van der Waals surface area contributed by atoms with Crippen LogP contribution in [0.1, 0.15) is 35.0 Å². The lowest BCUT2D eigenvalue weighted by molar-refractivity contribution is 0.0505. The summed E-state index contributed by atoms with van der Waals surface area (Å²) in [6.07, 6.45) is 2.69. The number of aromatic nitrogens is 1. The van der Waals surface area contributed by atoms with Crippen molar-refractivity contribution < 1.29 is 9.53 Å². The van der Waals surface area contributed by atoms with Gasteiger partial charge in [0.05, 0.1) is 12.2 Å². The normalized spacial score (nSPS) is 10.2. The second-order valence-corrected chi connectivity index (χ2v) is 4.87. The number of carbonyl (C=O) groups is 1. The summed E-state index contributed by atoms with van der Waals surface area (Å²) in [7, 11) is 0. The van der Waals surface area contributed by atoms with Gasteiger partial charge >= 0.3 is 5.97 Å². The van der Waals surface area contributed by atoms with Crippen LogP contribution in [0, 0.1) is 6.92 Å². The smallest absolute Gasteiger partial charge is 0.338 e. The molecule has 0 saturated heterocycles. The summed E-state index contributed by atoms with van der Waals surface area (Å²) in [6.45, 7) is 5.10. The van der Waals surface area contributed by atoms with E-state index < -0.39 is 0 Å². The van der Waals surface area contributed by atoms with Crippen molar-refractivity contribution in [2.75, 3.05) is 11.9 Å². The highest BCUT2D eigenvalue weighted by Gasteiger charge is 2.05. The summed E-state index contributed by atoms with van der Waals surface area (Å²) in [5.41, 5.74) is 3.66. The fraction of sp³-hybridized carbons (Fsp3) is 0.294. The molecule has 0 aliphatic heterocycles. The summed E-state index contributed by atoms with van der Waals surface area (Å²) in [5, 5.41) is 3.30. The van der Waals surface area contributed by atoms with Crippen molar-refractivity contribution in [3.8, 4) is 0 Å². The minimum atomic E-state index is -0.272. The molecule has 1 heterocycles. The van der Waals surface area contributed by atoms with Crippen LogP contribution in [0.2, 0.25) is 0 Å². The van der Waals surface area contributed by atoms with Gasteiger partial charge in [0.25, 0.3) is 0 Å². The van der Waals surface area contributed by atoms with E-state index in [0.717, 1.165) is 23.4 Å². The maximum atomic E-state index is 11.7. The van der Waals surface area contributed by atoms with Gasteiger partial charge in [-0.15, -0.1) is 0 Å². The number of carbonyl (C=O) groups excluding carboxylic acids is 1. The molecule has 0 atom stereocenters. The van der Waals surface area contributed by atoms with E-state index in [9.17, 15) is 4.79 Å². The van der Waals surface area contributed by atoms with E-state index in [0.29, 0.717) is 18.7 Å². The first kappa shape index (κ1) is 15.0. The molecule has 2 aromatic rings. The summed E-state index contributed by atoms with van der Waals surface area (Å²) < 4.78 is 5.09. The first-order valence-corrected chi connectivity index (χ1v) is 7.11. The second-order valence-electron chi connectivity index (χ2n) is 4.87. The molecule has 0 amide bonds. The van der Waals surface area contributed by atoms with Gasteiger partial charge in [-0.3, -0.25) is 4.98 Å². The summed E-state index contributed by atoms with van der Waals surface area (Å²) >= 11 is 0. The Morgan fingerprint density at radius 3 is 2.57 bits per heavy atom. The highest BCUT2D eigenvalue weighted by Crippen LogP contribution is 2.12. The minimum Gasteiger partial charge on any atom is -0.462 e. The number of aryl methyl sites for hydroxylation is 1. The van der Waals surface area contributed by atoms with E-state index in [-0.39, 0.29) is 5.97 Å². The highest BCUT2D eigenvalue weighted by molar-refractivity contribution is 5.89. The Hall–Kier alpha value is -2.36. The third-order valence-electron chi connectivity index (χ3n) is 3.03. The lowest BCUT2D eigenvalue weighted by atomic mass is 10.2. The Balaban J connectivity index is 1.90. The molecular weight excluding hydrogens is 264 g/mol. The average Bonchev–Trinajstić information content (AvgIpc) is 2.52. The topological polar surface area (TPSA) is 51.2 Å². The third-order valence-corrected chi connectivity index (χ3v) is 3.03. The van der Waals surface area contributed by atoms with Gasteiger partial charge < -0.3 is 10.1 Å². The lowest BCUT2D eigenvalue weighted by Crippen LogP contribution is -2.06. The van der Waals surface area contributed by atoms with Crippen molar-refractivity contribution in [1.82, 2.24) is 4.98 Å². The third kappa shape index (κ3) is 4.60. The summed E-state index contributed by atoms with van der Waals surface area (Å²) in [5.74, 6) is -0.272. The molecule has 21 heavy (non-hydrogen) atoms. The van der Waals surface area contributed by atoms with Gasteiger partial charge in [0.1, 0.15) is 0 Å². The summed E-state index contributed by atoms with van der Waals surface area (Å²) in [6, 6.07) is 11.3. The first-order chi connectivity index (χ1) is 10.2. The number of pyridine rings is 1. The molecule has 110 valence electrons.